The van der Waals surface area contributed by atoms with Crippen molar-refractivity contribution in [3.05, 3.63) is 0 Å². The Labute approximate surface area is 96.4 Å². The third kappa shape index (κ3) is 3.81. The molecule has 1 aliphatic carbocycles. The number of carbonyl (C=O) groups excluding carboxylic acids is 2. The van der Waals surface area contributed by atoms with Crippen LogP contribution >= 0.6 is 0 Å². The fraction of sp³-hybridized carbons (Fsp3) is 0.818. The van der Waals surface area contributed by atoms with E-state index >= 15 is 0 Å². The highest BCUT2D eigenvalue weighted by atomic mass is 16.2. The van der Waals surface area contributed by atoms with E-state index in [2.05, 4.69) is 5.32 Å². The van der Waals surface area contributed by atoms with Gasteiger partial charge in [-0.2, -0.15) is 0 Å². The van der Waals surface area contributed by atoms with Gasteiger partial charge in [0.1, 0.15) is 0 Å². The summed E-state index contributed by atoms with van der Waals surface area (Å²) in [4.78, 5) is 23.9. The molecule has 16 heavy (non-hydrogen) atoms. The second-order valence-electron chi connectivity index (χ2n) is 4.62. The number of likely N-dealkylation sites (N-methyl/N-ethyl adjacent to an activating group) is 1. The van der Waals surface area contributed by atoms with E-state index in [1.807, 2.05) is 0 Å². The highest BCUT2D eigenvalue weighted by molar-refractivity contribution is 5.77. The molecule has 5 nitrogen and oxygen atoms in total. The molecule has 5 heteroatoms. The molecule has 0 aliphatic heterocycles. The van der Waals surface area contributed by atoms with Crippen molar-refractivity contribution in [3.8, 4) is 0 Å². The Morgan fingerprint density at radius 3 is 2.25 bits per heavy atom. The van der Waals surface area contributed by atoms with Crippen LogP contribution in [0.3, 0.4) is 0 Å². The lowest BCUT2D eigenvalue weighted by Gasteiger charge is -2.27. The summed E-state index contributed by atoms with van der Waals surface area (Å²) in [5, 5.41) is 3.22. The molecular formula is C11H21N3O2. The van der Waals surface area contributed by atoms with E-state index in [9.17, 15) is 9.59 Å². The average molecular weight is 227 g/mol. The lowest BCUT2D eigenvalue weighted by atomic mass is 9.85. The molecule has 3 N–H and O–H groups in total. The molecule has 0 bridgehead atoms. The minimum absolute atomic E-state index is 0.0302. The summed E-state index contributed by atoms with van der Waals surface area (Å²) in [6.45, 7) is 0.374. The number of nitrogens with zero attached hydrogens (tertiary/aromatic N) is 1. The summed E-state index contributed by atoms with van der Waals surface area (Å²) < 4.78 is 0. The van der Waals surface area contributed by atoms with Crippen molar-refractivity contribution in [2.45, 2.75) is 31.7 Å². The summed E-state index contributed by atoms with van der Waals surface area (Å²) in [7, 11) is 3.49. The Balaban J connectivity index is 2.22. The minimum atomic E-state index is -0.192. The maximum Gasteiger partial charge on any atom is 0.236 e. The van der Waals surface area contributed by atoms with Gasteiger partial charge in [-0.15, -0.1) is 0 Å². The van der Waals surface area contributed by atoms with Crippen molar-refractivity contribution in [3.63, 3.8) is 0 Å². The highest BCUT2D eigenvalue weighted by Gasteiger charge is 2.24. The van der Waals surface area contributed by atoms with Gasteiger partial charge in [0, 0.05) is 26.1 Å². The van der Waals surface area contributed by atoms with Crippen molar-refractivity contribution in [1.82, 2.24) is 10.2 Å². The number of hydrogen-bond donors (Lipinski definition) is 2. The zero-order valence-corrected chi connectivity index (χ0v) is 10.0. The molecule has 0 spiro atoms. The zero-order chi connectivity index (χ0) is 12.1. The smallest absolute Gasteiger partial charge is 0.236 e. The van der Waals surface area contributed by atoms with Crippen LogP contribution in [0.2, 0.25) is 0 Å². The van der Waals surface area contributed by atoms with Gasteiger partial charge in [0.2, 0.25) is 11.8 Å². The largest absolute Gasteiger partial charge is 0.369 e. The molecule has 0 saturated heterocycles. The van der Waals surface area contributed by atoms with Crippen LogP contribution in [0, 0.1) is 5.92 Å². The molecule has 1 rings (SSSR count). The molecule has 0 heterocycles. The van der Waals surface area contributed by atoms with Gasteiger partial charge in [-0.1, -0.05) is 0 Å². The van der Waals surface area contributed by atoms with Crippen molar-refractivity contribution in [2.24, 2.45) is 11.7 Å². The molecule has 0 aromatic heterocycles. The van der Waals surface area contributed by atoms with E-state index < -0.39 is 0 Å². The fourth-order valence-electron chi connectivity index (χ4n) is 1.97. The van der Waals surface area contributed by atoms with E-state index in [1.54, 1.807) is 19.0 Å². The number of rotatable bonds is 4. The van der Waals surface area contributed by atoms with Gasteiger partial charge < -0.3 is 16.0 Å². The molecular weight excluding hydrogens is 206 g/mol. The van der Waals surface area contributed by atoms with Crippen LogP contribution in [0.4, 0.5) is 0 Å². The Bertz CT molecular complexity index is 258. The molecule has 2 amide bonds. The van der Waals surface area contributed by atoms with Crippen molar-refractivity contribution in [1.29, 1.82) is 0 Å². The van der Waals surface area contributed by atoms with Gasteiger partial charge in [-0.3, -0.25) is 9.59 Å². The second kappa shape index (κ2) is 5.84. The van der Waals surface area contributed by atoms with Crippen molar-refractivity contribution >= 4 is 11.8 Å². The van der Waals surface area contributed by atoms with E-state index in [0.29, 0.717) is 12.6 Å². The Hall–Kier alpha value is -1.10. The van der Waals surface area contributed by atoms with Gasteiger partial charge in [0.15, 0.2) is 0 Å². The van der Waals surface area contributed by atoms with Crippen LogP contribution in [0.15, 0.2) is 0 Å². The molecule has 0 atom stereocenters. The van der Waals surface area contributed by atoms with Crippen LogP contribution in [0.1, 0.15) is 25.7 Å². The highest BCUT2D eigenvalue weighted by Crippen LogP contribution is 2.23. The van der Waals surface area contributed by atoms with E-state index in [-0.39, 0.29) is 17.7 Å². The number of primary amides is 1. The van der Waals surface area contributed by atoms with Gasteiger partial charge in [-0.25, -0.2) is 0 Å². The Morgan fingerprint density at radius 1 is 1.25 bits per heavy atom. The zero-order valence-electron chi connectivity index (χ0n) is 10.0. The molecule has 1 fully saturated rings. The third-order valence-corrected chi connectivity index (χ3v) is 3.17. The van der Waals surface area contributed by atoms with E-state index in [0.717, 1.165) is 25.7 Å². The quantitative estimate of drug-likeness (QED) is 0.693. The lowest BCUT2D eigenvalue weighted by molar-refractivity contribution is -0.128. The predicted molar refractivity (Wildman–Crippen MR) is 61.6 cm³/mol. The average Bonchev–Trinajstić information content (AvgIpc) is 2.26. The van der Waals surface area contributed by atoms with Gasteiger partial charge in [0.05, 0.1) is 6.54 Å². The van der Waals surface area contributed by atoms with Crippen LogP contribution in [0.5, 0.6) is 0 Å². The van der Waals surface area contributed by atoms with Crippen LogP contribution in [-0.2, 0) is 9.59 Å². The van der Waals surface area contributed by atoms with Gasteiger partial charge in [0.25, 0.3) is 0 Å². The van der Waals surface area contributed by atoms with E-state index in [4.69, 9.17) is 5.73 Å². The molecule has 1 aliphatic rings. The second-order valence-corrected chi connectivity index (χ2v) is 4.62. The number of nitrogens with two attached hydrogens (primary N) is 1. The summed E-state index contributed by atoms with van der Waals surface area (Å²) in [6.07, 6.45) is 3.52. The molecule has 92 valence electrons. The third-order valence-electron chi connectivity index (χ3n) is 3.17. The number of amides is 2. The first-order valence-electron chi connectivity index (χ1n) is 5.73. The van der Waals surface area contributed by atoms with Gasteiger partial charge >= 0.3 is 0 Å². The van der Waals surface area contributed by atoms with Crippen LogP contribution < -0.4 is 11.1 Å². The van der Waals surface area contributed by atoms with Gasteiger partial charge in [-0.05, 0) is 25.7 Å². The maximum atomic E-state index is 11.3. The first kappa shape index (κ1) is 13.0. The number of nitrogens with one attached hydrogen (secondary N) is 1. The first-order valence-corrected chi connectivity index (χ1v) is 5.73. The molecule has 0 radical (unpaired) electrons. The first-order chi connectivity index (χ1) is 7.50. The summed E-state index contributed by atoms with van der Waals surface area (Å²) in [6, 6.07) is 0.347. The van der Waals surface area contributed by atoms with Crippen molar-refractivity contribution < 1.29 is 9.59 Å². The minimum Gasteiger partial charge on any atom is -0.369 e. The molecule has 0 aromatic carbocycles. The Kier molecular flexibility index (Phi) is 4.73. The monoisotopic (exact) mass is 227 g/mol. The molecule has 1 saturated carbocycles. The number of hydrogen-bond acceptors (Lipinski definition) is 3. The standard InChI is InChI=1S/C11H21N3O2/c1-14(2)10(15)7-13-9-5-3-8(4-6-9)11(12)16/h8-9,13H,3-7H2,1-2H3,(H2,12,16). The molecule has 0 unspecified atom stereocenters. The Morgan fingerprint density at radius 2 is 1.81 bits per heavy atom. The van der Waals surface area contributed by atoms with Crippen LogP contribution in [0.25, 0.3) is 0 Å². The predicted octanol–water partition coefficient (Wildman–Crippen LogP) is -0.292. The fourth-order valence-corrected chi connectivity index (χ4v) is 1.97. The summed E-state index contributed by atoms with van der Waals surface area (Å²) in [5.41, 5.74) is 5.25. The maximum absolute atomic E-state index is 11.3. The number of carbonyl (C=O) groups is 2. The normalized spacial score (nSPS) is 25.1. The topological polar surface area (TPSA) is 75.4 Å². The van der Waals surface area contributed by atoms with Crippen LogP contribution in [-0.4, -0.2) is 43.4 Å². The van der Waals surface area contributed by atoms with Crippen molar-refractivity contribution in [2.75, 3.05) is 20.6 Å². The molecule has 0 aromatic rings. The lowest BCUT2D eigenvalue weighted by Crippen LogP contribution is -2.41. The SMILES string of the molecule is CN(C)C(=O)CNC1CCC(C(N)=O)CC1. The summed E-state index contributed by atoms with van der Waals surface area (Å²) >= 11 is 0. The van der Waals surface area contributed by atoms with E-state index in [1.165, 1.54) is 0 Å². The summed E-state index contributed by atoms with van der Waals surface area (Å²) in [5.74, 6) is -0.0811.